The number of methoxy groups -OCH3 is 1. The number of carbonyl (C=O) groups excluding carboxylic acids is 2. The second kappa shape index (κ2) is 8.58. The van der Waals surface area contributed by atoms with Gasteiger partial charge in [0.1, 0.15) is 0 Å². The Labute approximate surface area is 159 Å². The van der Waals surface area contributed by atoms with Gasteiger partial charge in [0, 0.05) is 37.6 Å². The van der Waals surface area contributed by atoms with Gasteiger partial charge in [0.05, 0.1) is 19.2 Å². The molecule has 142 valence electrons. The number of anilines is 2. The molecule has 1 fully saturated rings. The molecule has 0 radical (unpaired) electrons. The zero-order valence-electron chi connectivity index (χ0n) is 15.8. The number of nitrogens with zero attached hydrogens (tertiary/aromatic N) is 2. The Balaban J connectivity index is 1.51. The van der Waals surface area contributed by atoms with Crippen molar-refractivity contribution in [1.82, 2.24) is 4.90 Å². The van der Waals surface area contributed by atoms with Crippen molar-refractivity contribution < 1.29 is 14.3 Å². The number of hydrogen-bond donors (Lipinski definition) is 1. The largest absolute Gasteiger partial charge is 0.465 e. The molecule has 0 saturated carbocycles. The van der Waals surface area contributed by atoms with Gasteiger partial charge < -0.3 is 19.9 Å². The molecule has 1 aliphatic heterocycles. The standard InChI is InChI=1S/C21H25N3O3/c1-16-5-3-8-19(13-16)23-9-11-24(12-10-23)20(25)15-22-18-7-4-6-17(14-18)21(26)27-2/h3-8,13-14,22H,9-12,15H2,1-2H3. The molecule has 0 spiro atoms. The molecule has 1 saturated heterocycles. The SMILES string of the molecule is COC(=O)c1cccc(NCC(=O)N2CCN(c3cccc(C)c3)CC2)c1. The van der Waals surface area contributed by atoms with Crippen LogP contribution in [0.3, 0.4) is 0 Å². The van der Waals surface area contributed by atoms with Crippen molar-refractivity contribution in [2.24, 2.45) is 0 Å². The Bertz CT molecular complexity index is 814. The Hall–Kier alpha value is -3.02. The van der Waals surface area contributed by atoms with Crippen molar-refractivity contribution in [3.8, 4) is 0 Å². The average molecular weight is 367 g/mol. The second-order valence-electron chi connectivity index (χ2n) is 6.63. The first kappa shape index (κ1) is 18.8. The number of amides is 1. The fourth-order valence-electron chi connectivity index (χ4n) is 3.20. The molecular formula is C21H25N3O3. The number of rotatable bonds is 5. The molecule has 0 aliphatic carbocycles. The number of nitrogens with one attached hydrogen (secondary N) is 1. The van der Waals surface area contributed by atoms with Gasteiger partial charge in [-0.15, -0.1) is 0 Å². The Morgan fingerprint density at radius 1 is 1.04 bits per heavy atom. The maximum atomic E-state index is 12.5. The van der Waals surface area contributed by atoms with E-state index in [1.165, 1.54) is 18.4 Å². The molecule has 6 heteroatoms. The van der Waals surface area contributed by atoms with E-state index < -0.39 is 5.97 Å². The quantitative estimate of drug-likeness (QED) is 0.823. The normalized spacial score (nSPS) is 14.0. The van der Waals surface area contributed by atoms with Crippen molar-refractivity contribution in [3.05, 3.63) is 59.7 Å². The summed E-state index contributed by atoms with van der Waals surface area (Å²) in [7, 11) is 1.35. The lowest BCUT2D eigenvalue weighted by atomic mass is 10.2. The van der Waals surface area contributed by atoms with Crippen LogP contribution in [-0.2, 0) is 9.53 Å². The first-order chi connectivity index (χ1) is 13.1. The number of carbonyl (C=O) groups is 2. The van der Waals surface area contributed by atoms with E-state index in [0.717, 1.165) is 18.8 Å². The van der Waals surface area contributed by atoms with Crippen LogP contribution >= 0.6 is 0 Å². The van der Waals surface area contributed by atoms with Gasteiger partial charge in [0.15, 0.2) is 0 Å². The molecule has 1 aliphatic rings. The Morgan fingerprint density at radius 3 is 2.48 bits per heavy atom. The van der Waals surface area contributed by atoms with E-state index in [4.69, 9.17) is 4.74 Å². The summed E-state index contributed by atoms with van der Waals surface area (Å²) in [6.45, 7) is 5.35. The van der Waals surface area contributed by atoms with Crippen molar-refractivity contribution in [2.75, 3.05) is 50.1 Å². The predicted octanol–water partition coefficient (Wildman–Crippen LogP) is 2.54. The first-order valence-corrected chi connectivity index (χ1v) is 9.08. The molecule has 0 atom stereocenters. The van der Waals surface area contributed by atoms with E-state index in [9.17, 15) is 9.59 Å². The Kier molecular flexibility index (Phi) is 5.96. The minimum Gasteiger partial charge on any atom is -0.465 e. The maximum absolute atomic E-state index is 12.5. The van der Waals surface area contributed by atoms with Crippen LogP contribution in [0.1, 0.15) is 15.9 Å². The topological polar surface area (TPSA) is 61.9 Å². The van der Waals surface area contributed by atoms with E-state index in [2.05, 4.69) is 41.4 Å². The van der Waals surface area contributed by atoms with Gasteiger partial charge in [-0.25, -0.2) is 4.79 Å². The van der Waals surface area contributed by atoms with Gasteiger partial charge in [-0.05, 0) is 42.8 Å². The number of esters is 1. The van der Waals surface area contributed by atoms with Crippen LogP contribution < -0.4 is 10.2 Å². The van der Waals surface area contributed by atoms with Crippen LogP contribution in [0.15, 0.2) is 48.5 Å². The molecule has 1 heterocycles. The molecule has 1 amide bonds. The van der Waals surface area contributed by atoms with Gasteiger partial charge >= 0.3 is 5.97 Å². The number of hydrogen-bond acceptors (Lipinski definition) is 5. The van der Waals surface area contributed by atoms with Crippen molar-refractivity contribution >= 4 is 23.3 Å². The highest BCUT2D eigenvalue weighted by Gasteiger charge is 2.21. The van der Waals surface area contributed by atoms with E-state index in [1.54, 1.807) is 18.2 Å². The lowest BCUT2D eigenvalue weighted by Gasteiger charge is -2.36. The fraction of sp³-hybridized carbons (Fsp3) is 0.333. The number of piperazine rings is 1. The van der Waals surface area contributed by atoms with Crippen molar-refractivity contribution in [2.45, 2.75) is 6.92 Å². The molecule has 2 aromatic rings. The van der Waals surface area contributed by atoms with Crippen LogP contribution in [0.5, 0.6) is 0 Å². The minimum absolute atomic E-state index is 0.0577. The molecule has 0 bridgehead atoms. The smallest absolute Gasteiger partial charge is 0.337 e. The molecule has 3 rings (SSSR count). The van der Waals surface area contributed by atoms with E-state index >= 15 is 0 Å². The van der Waals surface area contributed by atoms with Gasteiger partial charge in [-0.1, -0.05) is 18.2 Å². The van der Waals surface area contributed by atoms with Gasteiger partial charge in [-0.3, -0.25) is 4.79 Å². The summed E-state index contributed by atoms with van der Waals surface area (Å²) in [6, 6.07) is 15.4. The van der Waals surface area contributed by atoms with Crippen LogP contribution in [-0.4, -0.2) is 56.6 Å². The summed E-state index contributed by atoms with van der Waals surface area (Å²) < 4.78 is 4.72. The third-order valence-electron chi connectivity index (χ3n) is 4.73. The van der Waals surface area contributed by atoms with Crippen molar-refractivity contribution in [3.63, 3.8) is 0 Å². The third kappa shape index (κ3) is 4.78. The molecule has 6 nitrogen and oxygen atoms in total. The molecule has 1 N–H and O–H groups in total. The predicted molar refractivity (Wildman–Crippen MR) is 106 cm³/mol. The van der Waals surface area contributed by atoms with Crippen LogP contribution in [0.2, 0.25) is 0 Å². The molecule has 27 heavy (non-hydrogen) atoms. The summed E-state index contributed by atoms with van der Waals surface area (Å²) in [5.41, 5.74) is 3.63. The van der Waals surface area contributed by atoms with Crippen LogP contribution in [0.4, 0.5) is 11.4 Å². The number of benzene rings is 2. The lowest BCUT2D eigenvalue weighted by Crippen LogP contribution is -2.50. The summed E-state index contributed by atoms with van der Waals surface area (Å²) in [6.07, 6.45) is 0. The summed E-state index contributed by atoms with van der Waals surface area (Å²) in [5, 5.41) is 3.10. The maximum Gasteiger partial charge on any atom is 0.337 e. The average Bonchev–Trinajstić information content (AvgIpc) is 2.71. The van der Waals surface area contributed by atoms with Gasteiger partial charge in [0.2, 0.25) is 5.91 Å². The monoisotopic (exact) mass is 367 g/mol. The molecule has 2 aromatic carbocycles. The van der Waals surface area contributed by atoms with Gasteiger partial charge in [0.25, 0.3) is 0 Å². The van der Waals surface area contributed by atoms with E-state index in [1.807, 2.05) is 11.0 Å². The van der Waals surface area contributed by atoms with Crippen LogP contribution in [0.25, 0.3) is 0 Å². The lowest BCUT2D eigenvalue weighted by molar-refractivity contribution is -0.129. The number of ether oxygens (including phenoxy) is 1. The fourth-order valence-corrected chi connectivity index (χ4v) is 3.20. The summed E-state index contributed by atoms with van der Waals surface area (Å²) >= 11 is 0. The molecule has 0 aromatic heterocycles. The van der Waals surface area contributed by atoms with Crippen molar-refractivity contribution in [1.29, 1.82) is 0 Å². The zero-order valence-corrected chi connectivity index (χ0v) is 15.8. The highest BCUT2D eigenvalue weighted by atomic mass is 16.5. The minimum atomic E-state index is -0.391. The summed E-state index contributed by atoms with van der Waals surface area (Å²) in [5.74, 6) is -0.334. The van der Waals surface area contributed by atoms with E-state index in [0.29, 0.717) is 18.7 Å². The highest BCUT2D eigenvalue weighted by Crippen LogP contribution is 2.18. The highest BCUT2D eigenvalue weighted by molar-refractivity contribution is 5.90. The van der Waals surface area contributed by atoms with Gasteiger partial charge in [-0.2, -0.15) is 0 Å². The van der Waals surface area contributed by atoms with Crippen LogP contribution in [0, 0.1) is 6.92 Å². The molecular weight excluding hydrogens is 342 g/mol. The first-order valence-electron chi connectivity index (χ1n) is 9.08. The third-order valence-corrected chi connectivity index (χ3v) is 4.73. The zero-order chi connectivity index (χ0) is 19.2. The number of aryl methyl sites for hydroxylation is 1. The Morgan fingerprint density at radius 2 is 1.78 bits per heavy atom. The summed E-state index contributed by atoms with van der Waals surface area (Å²) in [4.78, 5) is 28.3. The van der Waals surface area contributed by atoms with E-state index in [-0.39, 0.29) is 12.5 Å². The molecule has 0 unspecified atom stereocenters. The second-order valence-corrected chi connectivity index (χ2v) is 6.63.